The molecule has 138 valence electrons. The van der Waals surface area contributed by atoms with Gasteiger partial charge in [0.25, 0.3) is 0 Å². The second-order valence-electron chi connectivity index (χ2n) is 6.19. The van der Waals surface area contributed by atoms with Crippen molar-refractivity contribution in [2.45, 2.75) is 44.0 Å². The fraction of sp³-hybridized carbons (Fsp3) is 0.529. The first-order valence-corrected chi connectivity index (χ1v) is 9.94. The van der Waals surface area contributed by atoms with Crippen LogP contribution in [0, 0.1) is 6.92 Å². The molecule has 0 unspecified atom stereocenters. The summed E-state index contributed by atoms with van der Waals surface area (Å²) in [6.45, 7) is 4.77. The van der Waals surface area contributed by atoms with E-state index in [2.05, 4.69) is 10.6 Å². The molecule has 0 aliphatic carbocycles. The summed E-state index contributed by atoms with van der Waals surface area (Å²) in [5.41, 5.74) is 0.988. The Morgan fingerprint density at radius 2 is 1.80 bits per heavy atom. The molecule has 0 aromatic heterocycles. The summed E-state index contributed by atoms with van der Waals surface area (Å²) >= 11 is 0. The molecule has 0 spiro atoms. The lowest BCUT2D eigenvalue weighted by Crippen LogP contribution is -2.47. The number of carbonyl (C=O) groups excluding carboxylic acids is 2. The zero-order valence-electron chi connectivity index (χ0n) is 14.6. The highest BCUT2D eigenvalue weighted by Gasteiger charge is 2.35. The topological polar surface area (TPSA) is 95.6 Å². The van der Waals surface area contributed by atoms with Crippen molar-refractivity contribution in [1.29, 1.82) is 0 Å². The van der Waals surface area contributed by atoms with Gasteiger partial charge in [-0.3, -0.25) is 9.59 Å². The van der Waals surface area contributed by atoms with Crippen LogP contribution in [0.4, 0.5) is 0 Å². The normalized spacial score (nSPS) is 18.1. The van der Waals surface area contributed by atoms with E-state index in [1.807, 2.05) is 13.8 Å². The first-order chi connectivity index (χ1) is 11.9. The van der Waals surface area contributed by atoms with Crippen molar-refractivity contribution < 1.29 is 18.0 Å². The lowest BCUT2D eigenvalue weighted by Gasteiger charge is -2.24. The fourth-order valence-corrected chi connectivity index (χ4v) is 4.48. The number of aryl methyl sites for hydroxylation is 1. The molecule has 25 heavy (non-hydrogen) atoms. The van der Waals surface area contributed by atoms with E-state index >= 15 is 0 Å². The van der Waals surface area contributed by atoms with E-state index in [0.29, 0.717) is 19.5 Å². The van der Waals surface area contributed by atoms with Crippen LogP contribution >= 0.6 is 0 Å². The first-order valence-electron chi connectivity index (χ1n) is 8.50. The van der Waals surface area contributed by atoms with Crippen LogP contribution in [-0.4, -0.2) is 50.2 Å². The summed E-state index contributed by atoms with van der Waals surface area (Å²) in [6.07, 6.45) is 2.12. The van der Waals surface area contributed by atoms with Gasteiger partial charge in [-0.2, -0.15) is 4.31 Å². The minimum Gasteiger partial charge on any atom is -0.348 e. The standard InChI is InChI=1S/C17H25N3O4S/c1-3-10-18-16(21)17(22)19-12-14-5-4-11-20(14)25(23,24)15-8-6-13(2)7-9-15/h6-9,14H,3-5,10-12H2,1-2H3,(H,18,21)(H,19,22)/t14-/m0/s1. The van der Waals surface area contributed by atoms with E-state index in [1.165, 1.54) is 4.31 Å². The van der Waals surface area contributed by atoms with Crippen LogP contribution in [-0.2, 0) is 19.6 Å². The molecule has 1 aromatic rings. The summed E-state index contributed by atoms with van der Waals surface area (Å²) in [7, 11) is -3.61. The fourth-order valence-electron chi connectivity index (χ4n) is 2.78. The Balaban J connectivity index is 2.01. The smallest absolute Gasteiger partial charge is 0.309 e. The van der Waals surface area contributed by atoms with Crippen LogP contribution in [0.1, 0.15) is 31.7 Å². The molecular formula is C17H25N3O4S. The lowest BCUT2D eigenvalue weighted by molar-refractivity contribution is -0.139. The Morgan fingerprint density at radius 1 is 1.16 bits per heavy atom. The second kappa shape index (κ2) is 8.44. The van der Waals surface area contributed by atoms with Gasteiger partial charge in [-0.05, 0) is 38.3 Å². The molecular weight excluding hydrogens is 342 g/mol. The maximum atomic E-state index is 12.8. The average molecular weight is 367 g/mol. The zero-order chi connectivity index (χ0) is 18.4. The van der Waals surface area contributed by atoms with Crippen molar-refractivity contribution in [1.82, 2.24) is 14.9 Å². The van der Waals surface area contributed by atoms with Crippen molar-refractivity contribution in [2.75, 3.05) is 19.6 Å². The van der Waals surface area contributed by atoms with Crippen LogP contribution in [0.25, 0.3) is 0 Å². The summed E-state index contributed by atoms with van der Waals surface area (Å²) in [6, 6.07) is 6.37. The van der Waals surface area contributed by atoms with Gasteiger partial charge in [0.15, 0.2) is 0 Å². The number of rotatable bonds is 6. The second-order valence-corrected chi connectivity index (χ2v) is 8.08. The van der Waals surface area contributed by atoms with E-state index < -0.39 is 21.8 Å². The minimum atomic E-state index is -3.61. The number of sulfonamides is 1. The van der Waals surface area contributed by atoms with E-state index in [4.69, 9.17) is 0 Å². The molecule has 2 amide bonds. The van der Waals surface area contributed by atoms with E-state index in [1.54, 1.807) is 24.3 Å². The van der Waals surface area contributed by atoms with Crippen molar-refractivity contribution in [3.63, 3.8) is 0 Å². The molecule has 1 aliphatic heterocycles. The minimum absolute atomic E-state index is 0.128. The highest BCUT2D eigenvalue weighted by atomic mass is 32.2. The molecule has 2 rings (SSSR count). The highest BCUT2D eigenvalue weighted by molar-refractivity contribution is 7.89. The molecule has 1 heterocycles. The summed E-state index contributed by atoms with van der Waals surface area (Å²) in [5.74, 6) is -1.42. The first kappa shape index (κ1) is 19.4. The van der Waals surface area contributed by atoms with E-state index in [-0.39, 0.29) is 17.5 Å². The molecule has 2 N–H and O–H groups in total. The average Bonchev–Trinajstić information content (AvgIpc) is 3.07. The molecule has 1 fully saturated rings. The van der Waals surface area contributed by atoms with E-state index in [9.17, 15) is 18.0 Å². The number of benzene rings is 1. The summed E-state index contributed by atoms with van der Waals surface area (Å²) < 4.78 is 27.0. The Bertz CT molecular complexity index is 716. The van der Waals surface area contributed by atoms with Gasteiger partial charge < -0.3 is 10.6 Å². The zero-order valence-corrected chi connectivity index (χ0v) is 15.4. The van der Waals surface area contributed by atoms with Crippen LogP contribution < -0.4 is 10.6 Å². The Morgan fingerprint density at radius 3 is 2.44 bits per heavy atom. The molecule has 1 aromatic carbocycles. The molecule has 8 heteroatoms. The SMILES string of the molecule is CCCNC(=O)C(=O)NC[C@@H]1CCCN1S(=O)(=O)c1ccc(C)cc1. The van der Waals surface area contributed by atoms with Gasteiger partial charge in [0, 0.05) is 25.7 Å². The highest BCUT2D eigenvalue weighted by Crippen LogP contribution is 2.25. The summed E-state index contributed by atoms with van der Waals surface area (Å²) in [5, 5.41) is 5.04. The largest absolute Gasteiger partial charge is 0.348 e. The maximum absolute atomic E-state index is 12.8. The third kappa shape index (κ3) is 4.79. The molecule has 7 nitrogen and oxygen atoms in total. The number of amides is 2. The van der Waals surface area contributed by atoms with Crippen molar-refractivity contribution in [2.24, 2.45) is 0 Å². The molecule has 1 atom stereocenters. The van der Waals surface area contributed by atoms with Gasteiger partial charge in [-0.1, -0.05) is 24.6 Å². The molecule has 1 aliphatic rings. The maximum Gasteiger partial charge on any atom is 0.309 e. The quantitative estimate of drug-likeness (QED) is 0.727. The third-order valence-corrected chi connectivity index (χ3v) is 6.16. The van der Waals surface area contributed by atoms with E-state index in [0.717, 1.165) is 18.4 Å². The van der Waals surface area contributed by atoms with Crippen molar-refractivity contribution >= 4 is 21.8 Å². The number of nitrogens with one attached hydrogen (secondary N) is 2. The van der Waals surface area contributed by atoms with Gasteiger partial charge >= 0.3 is 11.8 Å². The van der Waals surface area contributed by atoms with Gasteiger partial charge in [0.1, 0.15) is 0 Å². The van der Waals surface area contributed by atoms with Crippen molar-refractivity contribution in [3.8, 4) is 0 Å². The molecule has 0 bridgehead atoms. The van der Waals surface area contributed by atoms with Crippen molar-refractivity contribution in [3.05, 3.63) is 29.8 Å². The lowest BCUT2D eigenvalue weighted by atomic mass is 10.2. The predicted molar refractivity (Wildman–Crippen MR) is 94.4 cm³/mol. The molecule has 0 radical (unpaired) electrons. The Labute approximate surface area is 148 Å². The molecule has 0 saturated carbocycles. The van der Waals surface area contributed by atoms with Gasteiger partial charge in [-0.25, -0.2) is 8.42 Å². The Hall–Kier alpha value is -1.93. The number of hydrogen-bond donors (Lipinski definition) is 2. The van der Waals surface area contributed by atoms with Crippen LogP contribution in [0.15, 0.2) is 29.2 Å². The van der Waals surface area contributed by atoms with Gasteiger partial charge in [-0.15, -0.1) is 0 Å². The number of carbonyl (C=O) groups is 2. The monoisotopic (exact) mass is 367 g/mol. The molecule has 1 saturated heterocycles. The van der Waals surface area contributed by atoms with Gasteiger partial charge in [0.2, 0.25) is 10.0 Å². The van der Waals surface area contributed by atoms with Crippen LogP contribution in [0.3, 0.4) is 0 Å². The number of nitrogens with zero attached hydrogens (tertiary/aromatic N) is 1. The number of hydrogen-bond acceptors (Lipinski definition) is 4. The Kier molecular flexibility index (Phi) is 6.55. The van der Waals surface area contributed by atoms with Crippen LogP contribution in [0.2, 0.25) is 0 Å². The third-order valence-electron chi connectivity index (χ3n) is 4.19. The van der Waals surface area contributed by atoms with Gasteiger partial charge in [0.05, 0.1) is 4.90 Å². The predicted octanol–water partition coefficient (Wildman–Crippen LogP) is 0.791. The summed E-state index contributed by atoms with van der Waals surface area (Å²) in [4.78, 5) is 23.6. The van der Waals surface area contributed by atoms with Crippen LogP contribution in [0.5, 0.6) is 0 Å².